The highest BCUT2D eigenvalue weighted by Gasteiger charge is 2.21. The lowest BCUT2D eigenvalue weighted by atomic mass is 10.2. The SMILES string of the molecule is CC(C)n1ncc(Br)c1C(=O)c1ccn(C)n1. The minimum absolute atomic E-state index is 0.122. The summed E-state index contributed by atoms with van der Waals surface area (Å²) in [5, 5.41) is 8.30. The first-order valence-electron chi connectivity index (χ1n) is 5.28. The molecule has 2 heterocycles. The topological polar surface area (TPSA) is 52.7 Å². The summed E-state index contributed by atoms with van der Waals surface area (Å²) in [4.78, 5) is 12.3. The molecular weight excluding hydrogens is 284 g/mol. The predicted molar refractivity (Wildman–Crippen MR) is 67.0 cm³/mol. The average Bonchev–Trinajstić information content (AvgIpc) is 2.83. The monoisotopic (exact) mass is 296 g/mol. The summed E-state index contributed by atoms with van der Waals surface area (Å²) in [5.74, 6) is -0.122. The zero-order valence-corrected chi connectivity index (χ0v) is 11.5. The maximum atomic E-state index is 12.3. The van der Waals surface area contributed by atoms with Gasteiger partial charge in [0.25, 0.3) is 0 Å². The number of aryl methyl sites for hydroxylation is 1. The highest BCUT2D eigenvalue weighted by molar-refractivity contribution is 9.10. The Bertz CT molecular complexity index is 556. The van der Waals surface area contributed by atoms with Crippen molar-refractivity contribution in [3.63, 3.8) is 0 Å². The van der Waals surface area contributed by atoms with Gasteiger partial charge in [-0.15, -0.1) is 0 Å². The smallest absolute Gasteiger partial charge is 0.232 e. The molecule has 90 valence electrons. The summed E-state index contributed by atoms with van der Waals surface area (Å²) in [6, 6.07) is 1.83. The van der Waals surface area contributed by atoms with E-state index in [0.717, 1.165) is 0 Å². The number of carbonyl (C=O) groups is 1. The van der Waals surface area contributed by atoms with Gasteiger partial charge in [-0.1, -0.05) is 0 Å². The van der Waals surface area contributed by atoms with Crippen LogP contribution in [0.5, 0.6) is 0 Å². The van der Waals surface area contributed by atoms with Gasteiger partial charge < -0.3 is 0 Å². The van der Waals surface area contributed by atoms with Gasteiger partial charge in [0.1, 0.15) is 11.4 Å². The number of rotatable bonds is 3. The Hall–Kier alpha value is -1.43. The molecule has 0 aromatic carbocycles. The van der Waals surface area contributed by atoms with E-state index in [1.807, 2.05) is 13.8 Å². The fourth-order valence-corrected chi connectivity index (χ4v) is 2.06. The van der Waals surface area contributed by atoms with Crippen molar-refractivity contribution in [3.8, 4) is 0 Å². The molecule has 17 heavy (non-hydrogen) atoms. The van der Waals surface area contributed by atoms with Crippen molar-refractivity contribution >= 4 is 21.7 Å². The zero-order valence-electron chi connectivity index (χ0n) is 9.88. The van der Waals surface area contributed by atoms with Crippen molar-refractivity contribution in [2.45, 2.75) is 19.9 Å². The lowest BCUT2D eigenvalue weighted by molar-refractivity contribution is 0.102. The van der Waals surface area contributed by atoms with Crippen LogP contribution in [-0.2, 0) is 7.05 Å². The van der Waals surface area contributed by atoms with Gasteiger partial charge in [0.15, 0.2) is 0 Å². The summed E-state index contributed by atoms with van der Waals surface area (Å²) < 4.78 is 4.00. The molecule has 5 nitrogen and oxygen atoms in total. The Morgan fingerprint density at radius 2 is 2.18 bits per heavy atom. The summed E-state index contributed by atoms with van der Waals surface area (Å²) in [5.41, 5.74) is 0.967. The third-order valence-corrected chi connectivity index (χ3v) is 2.98. The van der Waals surface area contributed by atoms with Crippen LogP contribution in [0.1, 0.15) is 36.1 Å². The first kappa shape index (κ1) is 12.0. The minimum atomic E-state index is -0.122. The normalized spacial score (nSPS) is 11.1. The van der Waals surface area contributed by atoms with Crippen LogP contribution in [0.4, 0.5) is 0 Å². The maximum Gasteiger partial charge on any atom is 0.232 e. The number of carbonyl (C=O) groups excluding carboxylic acids is 1. The van der Waals surface area contributed by atoms with E-state index in [-0.39, 0.29) is 11.8 Å². The molecule has 2 aromatic rings. The molecule has 0 aliphatic rings. The molecule has 0 amide bonds. The van der Waals surface area contributed by atoms with E-state index in [4.69, 9.17) is 0 Å². The molecule has 0 fully saturated rings. The molecule has 6 heteroatoms. The second-order valence-electron chi connectivity index (χ2n) is 4.08. The first-order valence-corrected chi connectivity index (χ1v) is 6.07. The van der Waals surface area contributed by atoms with Gasteiger partial charge in [-0.2, -0.15) is 10.2 Å². The second-order valence-corrected chi connectivity index (χ2v) is 4.94. The van der Waals surface area contributed by atoms with Crippen molar-refractivity contribution < 1.29 is 4.79 Å². The number of hydrogen-bond acceptors (Lipinski definition) is 3. The van der Waals surface area contributed by atoms with Gasteiger partial charge in [0.05, 0.1) is 10.7 Å². The van der Waals surface area contributed by atoms with Crippen LogP contribution < -0.4 is 0 Å². The maximum absolute atomic E-state index is 12.3. The lowest BCUT2D eigenvalue weighted by Crippen LogP contribution is -2.14. The van der Waals surface area contributed by atoms with Crippen LogP contribution in [0.25, 0.3) is 0 Å². The lowest BCUT2D eigenvalue weighted by Gasteiger charge is -2.09. The van der Waals surface area contributed by atoms with Gasteiger partial charge in [-0.25, -0.2) is 0 Å². The molecule has 0 unspecified atom stereocenters. The molecule has 0 spiro atoms. The molecule has 0 bridgehead atoms. The van der Waals surface area contributed by atoms with Crippen molar-refractivity contribution in [1.82, 2.24) is 19.6 Å². The molecule has 0 N–H and O–H groups in total. The largest absolute Gasteiger partial charge is 0.285 e. The number of ketones is 1. The van der Waals surface area contributed by atoms with E-state index < -0.39 is 0 Å². The second kappa shape index (κ2) is 4.44. The Balaban J connectivity index is 2.47. The molecule has 0 saturated heterocycles. The molecule has 0 saturated carbocycles. The van der Waals surface area contributed by atoms with Crippen LogP contribution in [0.3, 0.4) is 0 Å². The Labute approximate surface area is 108 Å². The molecule has 2 rings (SSSR count). The van der Waals surface area contributed by atoms with Gasteiger partial charge in [0, 0.05) is 19.3 Å². The summed E-state index contributed by atoms with van der Waals surface area (Å²) in [6.45, 7) is 3.96. The Morgan fingerprint density at radius 3 is 2.71 bits per heavy atom. The Morgan fingerprint density at radius 1 is 1.47 bits per heavy atom. The summed E-state index contributed by atoms with van der Waals surface area (Å²) in [6.07, 6.45) is 3.38. The van der Waals surface area contributed by atoms with Crippen molar-refractivity contribution in [1.29, 1.82) is 0 Å². The van der Waals surface area contributed by atoms with Gasteiger partial charge >= 0.3 is 0 Å². The first-order chi connectivity index (χ1) is 8.00. The molecule has 0 aliphatic heterocycles. The standard InChI is InChI=1S/C11H13BrN4O/c1-7(2)16-10(8(12)6-13-16)11(17)9-4-5-15(3)14-9/h4-7H,1-3H3. The fraction of sp³-hybridized carbons (Fsp3) is 0.364. The number of nitrogens with zero attached hydrogens (tertiary/aromatic N) is 4. The van der Waals surface area contributed by atoms with Crippen LogP contribution in [0.15, 0.2) is 22.9 Å². The van der Waals surface area contributed by atoms with Crippen LogP contribution in [0.2, 0.25) is 0 Å². The average molecular weight is 297 g/mol. The van der Waals surface area contributed by atoms with E-state index in [9.17, 15) is 4.79 Å². The minimum Gasteiger partial charge on any atom is -0.285 e. The van der Waals surface area contributed by atoms with Crippen molar-refractivity contribution in [2.75, 3.05) is 0 Å². The number of aromatic nitrogens is 4. The quantitative estimate of drug-likeness (QED) is 0.816. The van der Waals surface area contributed by atoms with E-state index in [1.165, 1.54) is 0 Å². The predicted octanol–water partition coefficient (Wildman–Crippen LogP) is 2.19. The molecule has 0 aliphatic carbocycles. The summed E-state index contributed by atoms with van der Waals surface area (Å²) in [7, 11) is 1.78. The van der Waals surface area contributed by atoms with E-state index >= 15 is 0 Å². The van der Waals surface area contributed by atoms with E-state index in [1.54, 1.807) is 34.9 Å². The van der Waals surface area contributed by atoms with Gasteiger partial charge in [-0.05, 0) is 35.8 Å². The highest BCUT2D eigenvalue weighted by Crippen LogP contribution is 2.22. The van der Waals surface area contributed by atoms with Crippen molar-refractivity contribution in [3.05, 3.63) is 34.3 Å². The van der Waals surface area contributed by atoms with Crippen molar-refractivity contribution in [2.24, 2.45) is 7.05 Å². The zero-order chi connectivity index (χ0) is 12.6. The van der Waals surface area contributed by atoms with Crippen LogP contribution in [0, 0.1) is 0 Å². The van der Waals surface area contributed by atoms with Gasteiger partial charge in [0.2, 0.25) is 5.78 Å². The number of halogens is 1. The highest BCUT2D eigenvalue weighted by atomic mass is 79.9. The molecule has 2 aromatic heterocycles. The Kier molecular flexibility index (Phi) is 3.15. The van der Waals surface area contributed by atoms with E-state index in [0.29, 0.717) is 15.9 Å². The van der Waals surface area contributed by atoms with Gasteiger partial charge in [-0.3, -0.25) is 14.2 Å². The number of hydrogen-bond donors (Lipinski definition) is 0. The third-order valence-electron chi connectivity index (χ3n) is 2.40. The van der Waals surface area contributed by atoms with E-state index in [2.05, 4.69) is 26.1 Å². The third kappa shape index (κ3) is 2.17. The van der Waals surface area contributed by atoms with Crippen LogP contribution in [-0.4, -0.2) is 25.3 Å². The fourth-order valence-electron chi connectivity index (χ4n) is 1.60. The molecular formula is C11H13BrN4O. The molecule has 0 radical (unpaired) electrons. The summed E-state index contributed by atoms with van der Waals surface area (Å²) >= 11 is 3.35. The van der Waals surface area contributed by atoms with Crippen LogP contribution >= 0.6 is 15.9 Å². The molecule has 0 atom stereocenters.